The van der Waals surface area contributed by atoms with Gasteiger partial charge in [0.15, 0.2) is 5.82 Å². The van der Waals surface area contributed by atoms with Crippen molar-refractivity contribution in [3.05, 3.63) is 47.1 Å². The van der Waals surface area contributed by atoms with Gasteiger partial charge in [-0.25, -0.2) is 4.98 Å². The molecule has 8 nitrogen and oxygen atoms in total. The standard InChI is InChI=1S/C20H20ClN7OS/c1-13-17-18(29-26-13)22-12-23-19(17)30-20-25-24-16(11-27-9-3-2-4-10-27)28(20)15-7-5-14(21)6-8-15/h5-8,12H,2-4,9-11H2,1H3. The quantitative estimate of drug-likeness (QED) is 0.424. The first-order chi connectivity index (χ1) is 14.7. The monoisotopic (exact) mass is 441 g/mol. The van der Waals surface area contributed by atoms with Crippen molar-refractivity contribution in [1.29, 1.82) is 0 Å². The summed E-state index contributed by atoms with van der Waals surface area (Å²) in [5.74, 6) is 0.897. The molecule has 30 heavy (non-hydrogen) atoms. The minimum absolute atomic E-state index is 0.469. The Bertz CT molecular complexity index is 1170. The Morgan fingerprint density at radius 2 is 1.87 bits per heavy atom. The van der Waals surface area contributed by atoms with Crippen LogP contribution in [0.2, 0.25) is 5.02 Å². The van der Waals surface area contributed by atoms with Crippen molar-refractivity contribution in [1.82, 2.24) is 34.8 Å². The number of halogens is 1. The van der Waals surface area contributed by atoms with Gasteiger partial charge in [0.1, 0.15) is 11.4 Å². The molecule has 0 N–H and O–H groups in total. The predicted molar refractivity (Wildman–Crippen MR) is 114 cm³/mol. The lowest BCUT2D eigenvalue weighted by atomic mass is 10.1. The summed E-state index contributed by atoms with van der Waals surface area (Å²) in [4.78, 5) is 11.0. The number of rotatable bonds is 5. The van der Waals surface area contributed by atoms with E-state index in [-0.39, 0.29) is 0 Å². The normalized spacial score (nSPS) is 15.1. The molecule has 0 aliphatic carbocycles. The van der Waals surface area contributed by atoms with Crippen LogP contribution in [0.3, 0.4) is 0 Å². The largest absolute Gasteiger partial charge is 0.335 e. The minimum atomic E-state index is 0.469. The van der Waals surface area contributed by atoms with Gasteiger partial charge in [-0.2, -0.15) is 4.98 Å². The van der Waals surface area contributed by atoms with Gasteiger partial charge in [0.25, 0.3) is 5.71 Å². The first-order valence-electron chi connectivity index (χ1n) is 9.86. The van der Waals surface area contributed by atoms with Crippen LogP contribution in [0.15, 0.2) is 45.3 Å². The molecule has 4 aromatic rings. The third kappa shape index (κ3) is 3.80. The number of hydrogen-bond donors (Lipinski definition) is 0. The van der Waals surface area contributed by atoms with Gasteiger partial charge in [0.2, 0.25) is 5.16 Å². The van der Waals surface area contributed by atoms with E-state index in [9.17, 15) is 0 Å². The summed E-state index contributed by atoms with van der Waals surface area (Å²) in [6, 6.07) is 7.72. The molecular formula is C20H20ClN7OS. The van der Waals surface area contributed by atoms with Crippen LogP contribution >= 0.6 is 23.4 Å². The number of piperidine rings is 1. The van der Waals surface area contributed by atoms with Gasteiger partial charge >= 0.3 is 0 Å². The first-order valence-corrected chi connectivity index (χ1v) is 11.1. The Kier molecular flexibility index (Phi) is 5.41. The third-order valence-electron chi connectivity index (χ3n) is 5.20. The summed E-state index contributed by atoms with van der Waals surface area (Å²) in [5, 5.41) is 16.0. The molecule has 10 heteroatoms. The second kappa shape index (κ2) is 8.33. The number of hydrogen-bond acceptors (Lipinski definition) is 8. The molecule has 1 fully saturated rings. The Morgan fingerprint density at radius 1 is 1.07 bits per heavy atom. The fourth-order valence-electron chi connectivity index (χ4n) is 3.69. The van der Waals surface area contributed by atoms with Crippen LogP contribution in [0.1, 0.15) is 30.8 Å². The van der Waals surface area contributed by atoms with Crippen LogP contribution in [0.25, 0.3) is 16.8 Å². The fraction of sp³-hybridized carbons (Fsp3) is 0.350. The second-order valence-corrected chi connectivity index (χ2v) is 8.67. The number of aryl methyl sites for hydroxylation is 1. The number of nitrogens with zero attached hydrogens (tertiary/aromatic N) is 7. The van der Waals surface area contributed by atoms with Gasteiger partial charge in [0, 0.05) is 10.7 Å². The molecule has 0 radical (unpaired) electrons. The summed E-state index contributed by atoms with van der Waals surface area (Å²) < 4.78 is 7.36. The predicted octanol–water partition coefficient (Wildman–Crippen LogP) is 4.30. The first kappa shape index (κ1) is 19.5. The van der Waals surface area contributed by atoms with Crippen molar-refractivity contribution in [2.45, 2.75) is 42.9 Å². The maximum Gasteiger partial charge on any atom is 0.262 e. The summed E-state index contributed by atoms with van der Waals surface area (Å²) in [6.07, 6.45) is 5.22. The molecular weight excluding hydrogens is 422 g/mol. The van der Waals surface area contributed by atoms with Gasteiger partial charge in [-0.05, 0) is 68.9 Å². The number of aromatic nitrogens is 6. The van der Waals surface area contributed by atoms with Gasteiger partial charge in [-0.15, -0.1) is 10.2 Å². The molecule has 154 valence electrons. The smallest absolute Gasteiger partial charge is 0.262 e. The molecule has 1 saturated heterocycles. The molecule has 3 aromatic heterocycles. The Labute approximate surface area is 182 Å². The average molecular weight is 442 g/mol. The highest BCUT2D eigenvalue weighted by molar-refractivity contribution is 7.99. The Balaban J connectivity index is 1.55. The van der Waals surface area contributed by atoms with E-state index in [4.69, 9.17) is 16.1 Å². The zero-order valence-corrected chi connectivity index (χ0v) is 18.0. The van der Waals surface area contributed by atoms with E-state index in [1.165, 1.54) is 37.4 Å². The minimum Gasteiger partial charge on any atom is -0.335 e. The maximum absolute atomic E-state index is 6.12. The van der Waals surface area contributed by atoms with E-state index in [0.717, 1.165) is 52.4 Å². The Morgan fingerprint density at radius 3 is 2.67 bits per heavy atom. The third-order valence-corrected chi connectivity index (χ3v) is 6.40. The van der Waals surface area contributed by atoms with Crippen LogP contribution in [-0.2, 0) is 6.54 Å². The van der Waals surface area contributed by atoms with E-state index in [0.29, 0.717) is 10.7 Å². The second-order valence-electron chi connectivity index (χ2n) is 7.28. The average Bonchev–Trinajstić information content (AvgIpc) is 3.34. The molecule has 1 aromatic carbocycles. The topological polar surface area (TPSA) is 85.8 Å². The molecule has 5 rings (SSSR count). The highest BCUT2D eigenvalue weighted by Gasteiger charge is 2.21. The van der Waals surface area contributed by atoms with Gasteiger partial charge in [-0.3, -0.25) is 9.47 Å². The number of fused-ring (bicyclic) bond motifs is 1. The van der Waals surface area contributed by atoms with E-state index in [2.05, 4.69) is 34.8 Å². The van der Waals surface area contributed by atoms with Crippen LogP contribution in [0.5, 0.6) is 0 Å². The zero-order valence-electron chi connectivity index (χ0n) is 16.5. The molecule has 0 bridgehead atoms. The molecule has 1 aliphatic heterocycles. The van der Waals surface area contributed by atoms with Crippen molar-refractivity contribution >= 4 is 34.5 Å². The molecule has 0 spiro atoms. The lowest BCUT2D eigenvalue weighted by Crippen LogP contribution is -2.30. The molecule has 0 saturated carbocycles. The summed E-state index contributed by atoms with van der Waals surface area (Å²) in [7, 11) is 0. The van der Waals surface area contributed by atoms with Gasteiger partial charge < -0.3 is 4.52 Å². The highest BCUT2D eigenvalue weighted by Crippen LogP contribution is 2.33. The van der Waals surface area contributed by atoms with Crippen LogP contribution in [0.4, 0.5) is 0 Å². The van der Waals surface area contributed by atoms with Crippen LogP contribution in [0, 0.1) is 6.92 Å². The molecule has 0 unspecified atom stereocenters. The van der Waals surface area contributed by atoms with Crippen molar-refractivity contribution in [3.8, 4) is 5.69 Å². The fourth-order valence-corrected chi connectivity index (χ4v) is 4.81. The van der Waals surface area contributed by atoms with Crippen LogP contribution < -0.4 is 0 Å². The molecule has 1 aliphatic rings. The molecule has 4 heterocycles. The van der Waals surface area contributed by atoms with Gasteiger partial charge in [0.05, 0.1) is 17.6 Å². The number of benzene rings is 1. The van der Waals surface area contributed by atoms with Crippen molar-refractivity contribution in [2.75, 3.05) is 13.1 Å². The van der Waals surface area contributed by atoms with Crippen molar-refractivity contribution in [2.24, 2.45) is 0 Å². The summed E-state index contributed by atoms with van der Waals surface area (Å²) in [5.41, 5.74) is 2.18. The number of likely N-dealkylation sites (tertiary alicyclic amines) is 1. The van der Waals surface area contributed by atoms with E-state index in [1.807, 2.05) is 31.2 Å². The van der Waals surface area contributed by atoms with E-state index < -0.39 is 0 Å². The van der Waals surface area contributed by atoms with E-state index in [1.54, 1.807) is 0 Å². The SMILES string of the molecule is Cc1noc2ncnc(Sc3nnc(CN4CCCCC4)n3-c3ccc(Cl)cc3)c12. The van der Waals surface area contributed by atoms with E-state index >= 15 is 0 Å². The van der Waals surface area contributed by atoms with Gasteiger partial charge in [-0.1, -0.05) is 23.2 Å². The van der Waals surface area contributed by atoms with Crippen molar-refractivity contribution in [3.63, 3.8) is 0 Å². The van der Waals surface area contributed by atoms with Crippen molar-refractivity contribution < 1.29 is 4.52 Å². The molecule has 0 atom stereocenters. The Hall–Kier alpha value is -2.49. The lowest BCUT2D eigenvalue weighted by Gasteiger charge is -2.26. The highest BCUT2D eigenvalue weighted by atomic mass is 35.5. The lowest BCUT2D eigenvalue weighted by molar-refractivity contribution is 0.214. The maximum atomic E-state index is 6.12. The zero-order chi connectivity index (χ0) is 20.5. The molecule has 0 amide bonds. The van der Waals surface area contributed by atoms with Crippen LogP contribution in [-0.4, -0.2) is 47.9 Å². The summed E-state index contributed by atoms with van der Waals surface area (Å²) >= 11 is 7.55. The summed E-state index contributed by atoms with van der Waals surface area (Å²) in [6.45, 7) is 4.80.